The first kappa shape index (κ1) is 15.0. The van der Waals surface area contributed by atoms with Gasteiger partial charge in [0.15, 0.2) is 0 Å². The SMILES string of the molecule is O=C(Nc1cccc(-c2cnc3n2CCC3)c1)c1ccc2[nH]ccc2c1. The van der Waals surface area contributed by atoms with Crippen LogP contribution in [0.2, 0.25) is 0 Å². The van der Waals surface area contributed by atoms with Crippen molar-refractivity contribution >= 4 is 22.5 Å². The van der Waals surface area contributed by atoms with E-state index >= 15 is 0 Å². The summed E-state index contributed by atoms with van der Waals surface area (Å²) in [6.07, 6.45) is 5.99. The van der Waals surface area contributed by atoms with Gasteiger partial charge in [0.1, 0.15) is 5.82 Å². The molecule has 128 valence electrons. The number of H-pyrrole nitrogens is 1. The largest absolute Gasteiger partial charge is 0.361 e. The van der Waals surface area contributed by atoms with E-state index in [1.165, 1.54) is 0 Å². The normalized spacial score (nSPS) is 13.1. The van der Waals surface area contributed by atoms with Gasteiger partial charge in [-0.2, -0.15) is 0 Å². The van der Waals surface area contributed by atoms with Crippen molar-refractivity contribution in [3.05, 3.63) is 72.3 Å². The van der Waals surface area contributed by atoms with E-state index in [4.69, 9.17) is 0 Å². The molecule has 2 N–H and O–H groups in total. The summed E-state index contributed by atoms with van der Waals surface area (Å²) in [4.78, 5) is 20.3. The van der Waals surface area contributed by atoms with E-state index in [0.29, 0.717) is 5.56 Å². The molecule has 0 aliphatic carbocycles. The molecule has 4 aromatic rings. The van der Waals surface area contributed by atoms with Crippen molar-refractivity contribution in [2.75, 3.05) is 5.32 Å². The quantitative estimate of drug-likeness (QED) is 0.585. The summed E-state index contributed by atoms with van der Waals surface area (Å²) in [5.74, 6) is 1.04. The van der Waals surface area contributed by atoms with Gasteiger partial charge in [0.2, 0.25) is 0 Å². The first-order chi connectivity index (χ1) is 12.8. The van der Waals surface area contributed by atoms with Gasteiger partial charge in [0, 0.05) is 46.9 Å². The Labute approximate surface area is 150 Å². The third-order valence-electron chi connectivity index (χ3n) is 4.95. The van der Waals surface area contributed by atoms with Gasteiger partial charge in [-0.05, 0) is 42.8 Å². The summed E-state index contributed by atoms with van der Waals surface area (Å²) in [5, 5.41) is 4.04. The van der Waals surface area contributed by atoms with Crippen molar-refractivity contribution in [2.45, 2.75) is 19.4 Å². The third kappa shape index (κ3) is 2.49. The van der Waals surface area contributed by atoms with E-state index in [1.807, 2.05) is 54.9 Å². The fourth-order valence-electron chi connectivity index (χ4n) is 3.64. The molecule has 5 rings (SSSR count). The number of nitrogens with zero attached hydrogens (tertiary/aromatic N) is 2. The Kier molecular flexibility index (Phi) is 3.38. The molecule has 2 aromatic carbocycles. The van der Waals surface area contributed by atoms with Crippen LogP contribution in [0.3, 0.4) is 0 Å². The van der Waals surface area contributed by atoms with E-state index in [9.17, 15) is 4.79 Å². The highest BCUT2D eigenvalue weighted by Gasteiger charge is 2.17. The first-order valence-corrected chi connectivity index (χ1v) is 8.81. The van der Waals surface area contributed by atoms with Crippen LogP contribution in [0.25, 0.3) is 22.2 Å². The number of amides is 1. The molecule has 1 aliphatic heterocycles. The second-order valence-electron chi connectivity index (χ2n) is 6.63. The number of aromatic nitrogens is 3. The number of carbonyl (C=O) groups excluding carboxylic acids is 1. The van der Waals surface area contributed by atoms with Crippen molar-refractivity contribution in [3.63, 3.8) is 0 Å². The summed E-state index contributed by atoms with van der Waals surface area (Å²) >= 11 is 0. The standard InChI is InChI=1S/C21H18N4O/c26-21(16-6-7-18-14(11-16)8-9-22-18)24-17-4-1-3-15(12-17)19-13-23-20-5-2-10-25(19)20/h1,3-4,6-9,11-13,22H,2,5,10H2,(H,24,26). The minimum atomic E-state index is -0.108. The van der Waals surface area contributed by atoms with E-state index in [-0.39, 0.29) is 5.91 Å². The molecule has 0 saturated carbocycles. The molecule has 1 amide bonds. The molecule has 0 unspecified atom stereocenters. The van der Waals surface area contributed by atoms with Gasteiger partial charge in [-0.25, -0.2) is 4.98 Å². The molecule has 5 nitrogen and oxygen atoms in total. The van der Waals surface area contributed by atoms with Crippen molar-refractivity contribution in [1.29, 1.82) is 0 Å². The van der Waals surface area contributed by atoms with E-state index in [2.05, 4.69) is 25.9 Å². The van der Waals surface area contributed by atoms with Crippen LogP contribution in [0.1, 0.15) is 22.6 Å². The molecule has 5 heteroatoms. The zero-order chi connectivity index (χ0) is 17.5. The fraction of sp³-hybridized carbons (Fsp3) is 0.143. The van der Waals surface area contributed by atoms with Gasteiger partial charge in [-0.1, -0.05) is 12.1 Å². The van der Waals surface area contributed by atoms with Gasteiger partial charge in [0.25, 0.3) is 5.91 Å². The van der Waals surface area contributed by atoms with Gasteiger partial charge in [-0.15, -0.1) is 0 Å². The summed E-state index contributed by atoms with van der Waals surface area (Å²) in [6, 6.07) is 15.6. The second kappa shape index (κ2) is 5.88. The van der Waals surface area contributed by atoms with E-state index in [0.717, 1.165) is 53.1 Å². The lowest BCUT2D eigenvalue weighted by Gasteiger charge is -2.09. The molecular formula is C21H18N4O. The Bertz CT molecular complexity index is 1120. The van der Waals surface area contributed by atoms with Gasteiger partial charge >= 0.3 is 0 Å². The highest BCUT2D eigenvalue weighted by molar-refractivity contribution is 6.06. The van der Waals surface area contributed by atoms with E-state index in [1.54, 1.807) is 0 Å². The lowest BCUT2D eigenvalue weighted by Crippen LogP contribution is -2.11. The topological polar surface area (TPSA) is 62.7 Å². The lowest BCUT2D eigenvalue weighted by molar-refractivity contribution is 0.102. The molecule has 0 radical (unpaired) electrons. The molecule has 2 aromatic heterocycles. The van der Waals surface area contributed by atoms with Crippen LogP contribution in [0.5, 0.6) is 0 Å². The van der Waals surface area contributed by atoms with Crippen LogP contribution in [0, 0.1) is 0 Å². The van der Waals surface area contributed by atoms with Crippen LogP contribution >= 0.6 is 0 Å². The molecule has 0 spiro atoms. The summed E-state index contributed by atoms with van der Waals surface area (Å²) in [5.41, 5.74) is 4.65. The van der Waals surface area contributed by atoms with Crippen LogP contribution in [0.15, 0.2) is 60.9 Å². The summed E-state index contributed by atoms with van der Waals surface area (Å²) in [7, 11) is 0. The minimum Gasteiger partial charge on any atom is -0.361 e. The lowest BCUT2D eigenvalue weighted by atomic mass is 10.1. The number of fused-ring (bicyclic) bond motifs is 2. The Morgan fingerprint density at radius 2 is 2.12 bits per heavy atom. The van der Waals surface area contributed by atoms with Crippen LogP contribution < -0.4 is 5.32 Å². The number of anilines is 1. The molecule has 3 heterocycles. The smallest absolute Gasteiger partial charge is 0.255 e. The van der Waals surface area contributed by atoms with Crippen LogP contribution in [0.4, 0.5) is 5.69 Å². The number of imidazole rings is 1. The second-order valence-corrected chi connectivity index (χ2v) is 6.63. The van der Waals surface area contributed by atoms with Crippen molar-refractivity contribution in [1.82, 2.24) is 14.5 Å². The number of hydrogen-bond acceptors (Lipinski definition) is 2. The first-order valence-electron chi connectivity index (χ1n) is 8.81. The predicted octanol–water partition coefficient (Wildman–Crippen LogP) is 4.23. The van der Waals surface area contributed by atoms with Crippen molar-refractivity contribution in [3.8, 4) is 11.3 Å². The zero-order valence-electron chi connectivity index (χ0n) is 14.2. The Morgan fingerprint density at radius 3 is 3.08 bits per heavy atom. The molecular weight excluding hydrogens is 324 g/mol. The maximum absolute atomic E-state index is 12.6. The average Bonchev–Trinajstić information content (AvgIpc) is 3.37. The van der Waals surface area contributed by atoms with Crippen molar-refractivity contribution in [2.24, 2.45) is 0 Å². The maximum Gasteiger partial charge on any atom is 0.255 e. The minimum absolute atomic E-state index is 0.108. The van der Waals surface area contributed by atoms with Crippen LogP contribution in [-0.4, -0.2) is 20.4 Å². The molecule has 0 saturated heterocycles. The predicted molar refractivity (Wildman–Crippen MR) is 102 cm³/mol. The Morgan fingerprint density at radius 1 is 1.15 bits per heavy atom. The van der Waals surface area contributed by atoms with Crippen LogP contribution in [-0.2, 0) is 13.0 Å². The van der Waals surface area contributed by atoms with Gasteiger partial charge in [0.05, 0.1) is 11.9 Å². The zero-order valence-corrected chi connectivity index (χ0v) is 14.2. The highest BCUT2D eigenvalue weighted by Crippen LogP contribution is 2.27. The van der Waals surface area contributed by atoms with Crippen molar-refractivity contribution < 1.29 is 4.79 Å². The molecule has 26 heavy (non-hydrogen) atoms. The van der Waals surface area contributed by atoms with Gasteiger partial charge < -0.3 is 14.9 Å². The van der Waals surface area contributed by atoms with E-state index < -0.39 is 0 Å². The molecule has 0 fully saturated rings. The number of carbonyl (C=O) groups is 1. The Balaban J connectivity index is 1.42. The Hall–Kier alpha value is -3.34. The molecule has 1 aliphatic rings. The summed E-state index contributed by atoms with van der Waals surface area (Å²) in [6.45, 7) is 1.01. The third-order valence-corrected chi connectivity index (χ3v) is 4.95. The number of benzene rings is 2. The number of hydrogen-bond donors (Lipinski definition) is 2. The average molecular weight is 342 g/mol. The number of aromatic amines is 1. The summed E-state index contributed by atoms with van der Waals surface area (Å²) < 4.78 is 2.26. The fourth-order valence-corrected chi connectivity index (χ4v) is 3.64. The monoisotopic (exact) mass is 342 g/mol. The highest BCUT2D eigenvalue weighted by atomic mass is 16.1. The molecule has 0 bridgehead atoms. The maximum atomic E-state index is 12.6. The number of aryl methyl sites for hydroxylation is 1. The van der Waals surface area contributed by atoms with Gasteiger partial charge in [-0.3, -0.25) is 4.79 Å². The molecule has 0 atom stereocenters. The number of rotatable bonds is 3. The number of nitrogens with one attached hydrogen (secondary N) is 2.